The molecular weight excluding hydrogens is 363 g/mol. The van der Waals surface area contributed by atoms with Crippen LogP contribution < -0.4 is 5.32 Å². The average molecular weight is 379 g/mol. The van der Waals surface area contributed by atoms with Crippen LogP contribution in [0.25, 0.3) is 10.9 Å². The van der Waals surface area contributed by atoms with Gasteiger partial charge >= 0.3 is 0 Å². The number of anilines is 1. The highest BCUT2D eigenvalue weighted by Crippen LogP contribution is 2.24. The van der Waals surface area contributed by atoms with Gasteiger partial charge in [0.15, 0.2) is 0 Å². The molecule has 0 aliphatic heterocycles. The molecule has 0 aliphatic carbocycles. The molecule has 5 nitrogen and oxygen atoms in total. The normalized spacial score (nSPS) is 12.5. The summed E-state index contributed by atoms with van der Waals surface area (Å²) in [5.74, 6) is -0.0965. The van der Waals surface area contributed by atoms with Crippen LogP contribution >= 0.6 is 15.9 Å². The van der Waals surface area contributed by atoms with Gasteiger partial charge in [0.2, 0.25) is 0 Å². The Balaban J connectivity index is 1.90. The number of hydrogen-bond donors (Lipinski definition) is 2. The summed E-state index contributed by atoms with van der Waals surface area (Å²) in [7, 11) is 0. The van der Waals surface area contributed by atoms with Gasteiger partial charge in [0.25, 0.3) is 5.91 Å². The summed E-state index contributed by atoms with van der Waals surface area (Å²) in [5.41, 5.74) is 0.867. The smallest absolute Gasteiger partial charge is 0.273 e. The van der Waals surface area contributed by atoms with E-state index in [-0.39, 0.29) is 17.8 Å². The van der Waals surface area contributed by atoms with Gasteiger partial charge < -0.3 is 10.3 Å². The summed E-state index contributed by atoms with van der Waals surface area (Å²) in [4.78, 5) is 15.4. The molecule has 1 amide bonds. The van der Waals surface area contributed by atoms with E-state index in [9.17, 15) is 9.18 Å². The molecule has 0 saturated carbocycles. The van der Waals surface area contributed by atoms with Crippen molar-refractivity contribution in [2.45, 2.75) is 26.3 Å². The maximum Gasteiger partial charge on any atom is 0.273 e. The summed E-state index contributed by atoms with van der Waals surface area (Å²) >= 11 is 3.24. The van der Waals surface area contributed by atoms with E-state index in [1.54, 1.807) is 23.0 Å². The monoisotopic (exact) mass is 378 g/mol. The molecule has 1 unspecified atom stereocenters. The number of carbonyl (C=O) groups excluding carboxylic acids is 1. The Hall–Kier alpha value is -2.15. The maximum atomic E-state index is 13.9. The third kappa shape index (κ3) is 3.01. The van der Waals surface area contributed by atoms with Crippen LogP contribution in [-0.4, -0.2) is 20.7 Å². The topological polar surface area (TPSA) is 62.7 Å². The van der Waals surface area contributed by atoms with E-state index in [0.29, 0.717) is 26.9 Å². The minimum absolute atomic E-state index is 0.177. The summed E-state index contributed by atoms with van der Waals surface area (Å²) in [6, 6.07) is 6.53. The number of H-pyrrole nitrogens is 1. The maximum absolute atomic E-state index is 13.9. The van der Waals surface area contributed by atoms with Gasteiger partial charge in [-0.25, -0.2) is 9.07 Å². The Labute approximate surface area is 141 Å². The Morgan fingerprint density at radius 3 is 3.00 bits per heavy atom. The molecule has 120 valence electrons. The molecule has 1 atom stereocenters. The van der Waals surface area contributed by atoms with E-state index in [1.165, 1.54) is 12.1 Å². The fourth-order valence-electron chi connectivity index (χ4n) is 2.40. The molecule has 2 N–H and O–H groups in total. The zero-order valence-corrected chi connectivity index (χ0v) is 14.3. The van der Waals surface area contributed by atoms with Gasteiger partial charge in [0, 0.05) is 15.9 Å². The Kier molecular flexibility index (Phi) is 4.21. The number of benzene rings is 1. The van der Waals surface area contributed by atoms with E-state index in [4.69, 9.17) is 0 Å². The molecule has 7 heteroatoms. The lowest BCUT2D eigenvalue weighted by Crippen LogP contribution is -2.17. The zero-order chi connectivity index (χ0) is 16.6. The third-order valence-corrected chi connectivity index (χ3v) is 4.28. The molecule has 0 fully saturated rings. The first-order chi connectivity index (χ1) is 11.0. The molecule has 3 aromatic rings. The Morgan fingerprint density at radius 1 is 1.48 bits per heavy atom. The predicted octanol–water partition coefficient (Wildman–Crippen LogP) is 4.49. The number of nitrogens with zero attached hydrogens (tertiary/aromatic N) is 2. The van der Waals surface area contributed by atoms with E-state index in [0.717, 1.165) is 6.42 Å². The van der Waals surface area contributed by atoms with E-state index in [1.807, 2.05) is 6.92 Å². The molecule has 0 aliphatic rings. The largest absolute Gasteiger partial charge is 0.350 e. The first-order valence-electron chi connectivity index (χ1n) is 7.32. The number of nitrogens with one attached hydrogen (secondary N) is 2. The van der Waals surface area contributed by atoms with E-state index >= 15 is 0 Å². The summed E-state index contributed by atoms with van der Waals surface area (Å²) in [6.45, 7) is 4.08. The number of rotatable bonds is 4. The van der Waals surface area contributed by atoms with Crippen molar-refractivity contribution in [3.8, 4) is 0 Å². The van der Waals surface area contributed by atoms with Crippen LogP contribution in [-0.2, 0) is 0 Å². The molecule has 2 aromatic heterocycles. The second-order valence-corrected chi connectivity index (χ2v) is 6.32. The highest BCUT2D eigenvalue weighted by molar-refractivity contribution is 9.10. The van der Waals surface area contributed by atoms with Gasteiger partial charge in [-0.15, -0.1) is 0 Å². The summed E-state index contributed by atoms with van der Waals surface area (Å²) in [5, 5.41) is 7.42. The lowest BCUT2D eigenvalue weighted by molar-refractivity contribution is 0.102. The second kappa shape index (κ2) is 6.16. The molecule has 1 aromatic carbocycles. The Morgan fingerprint density at radius 2 is 2.26 bits per heavy atom. The van der Waals surface area contributed by atoms with Crippen LogP contribution in [0, 0.1) is 5.82 Å². The zero-order valence-electron chi connectivity index (χ0n) is 12.7. The highest BCUT2D eigenvalue weighted by atomic mass is 79.9. The van der Waals surface area contributed by atoms with Crippen molar-refractivity contribution in [2.75, 3.05) is 5.32 Å². The molecule has 0 bridgehead atoms. The van der Waals surface area contributed by atoms with Crippen molar-refractivity contribution >= 4 is 38.6 Å². The molecule has 23 heavy (non-hydrogen) atoms. The molecule has 2 heterocycles. The van der Waals surface area contributed by atoms with Gasteiger partial charge in [-0.3, -0.25) is 4.79 Å². The lowest BCUT2D eigenvalue weighted by Gasteiger charge is -2.13. The van der Waals surface area contributed by atoms with Crippen molar-refractivity contribution in [3.05, 3.63) is 46.4 Å². The number of fused-ring (bicyclic) bond motifs is 1. The van der Waals surface area contributed by atoms with Crippen LogP contribution in [0.2, 0.25) is 0 Å². The summed E-state index contributed by atoms with van der Waals surface area (Å²) < 4.78 is 16.3. The minimum atomic E-state index is -0.380. The quantitative estimate of drug-likeness (QED) is 0.702. The van der Waals surface area contributed by atoms with Crippen LogP contribution in [0.5, 0.6) is 0 Å². The highest BCUT2D eigenvalue weighted by Gasteiger charge is 2.16. The first-order valence-corrected chi connectivity index (χ1v) is 8.11. The number of aromatic amines is 1. The minimum Gasteiger partial charge on any atom is -0.350 e. The second-order valence-electron chi connectivity index (χ2n) is 5.40. The van der Waals surface area contributed by atoms with Gasteiger partial charge in [-0.1, -0.05) is 22.9 Å². The van der Waals surface area contributed by atoms with Crippen LogP contribution in [0.15, 0.2) is 34.9 Å². The van der Waals surface area contributed by atoms with Gasteiger partial charge in [0.1, 0.15) is 17.3 Å². The van der Waals surface area contributed by atoms with Crippen LogP contribution in [0.4, 0.5) is 10.2 Å². The van der Waals surface area contributed by atoms with Crippen LogP contribution in [0.1, 0.15) is 36.8 Å². The van der Waals surface area contributed by atoms with Crippen molar-refractivity contribution in [3.63, 3.8) is 0 Å². The number of carbonyl (C=O) groups is 1. The first kappa shape index (κ1) is 15.7. The Bertz CT molecular complexity index is 870. The molecule has 3 rings (SSSR count). The van der Waals surface area contributed by atoms with E-state index < -0.39 is 0 Å². The third-order valence-electron chi connectivity index (χ3n) is 3.82. The number of aromatic nitrogens is 3. The standard InChI is InChI=1S/C16H16BrFN4O/c1-3-9(2)22-15(4-5-19-22)21-16(23)14-8-11-12(18)6-10(17)7-13(11)20-14/h4-9,20H,3H2,1-2H3,(H,21,23). The lowest BCUT2D eigenvalue weighted by atomic mass is 10.2. The SMILES string of the molecule is CCC(C)n1nccc1NC(=O)c1cc2c(F)cc(Br)cc2[nH]1. The molecular formula is C16H16BrFN4O. The summed E-state index contributed by atoms with van der Waals surface area (Å²) in [6.07, 6.45) is 2.54. The fraction of sp³-hybridized carbons (Fsp3) is 0.250. The van der Waals surface area contributed by atoms with Gasteiger partial charge in [0.05, 0.1) is 17.8 Å². The molecule has 0 saturated heterocycles. The fourth-order valence-corrected chi connectivity index (χ4v) is 2.83. The number of halogens is 2. The van der Waals surface area contributed by atoms with Crippen LogP contribution in [0.3, 0.4) is 0 Å². The number of hydrogen-bond acceptors (Lipinski definition) is 2. The molecule has 0 spiro atoms. The molecule has 0 radical (unpaired) electrons. The van der Waals surface area contributed by atoms with Crippen molar-refractivity contribution in [1.29, 1.82) is 0 Å². The van der Waals surface area contributed by atoms with E-state index in [2.05, 4.69) is 38.3 Å². The van der Waals surface area contributed by atoms with Gasteiger partial charge in [-0.05, 0) is 31.5 Å². The van der Waals surface area contributed by atoms with Gasteiger partial charge in [-0.2, -0.15) is 5.10 Å². The van der Waals surface area contributed by atoms with Crippen molar-refractivity contribution in [2.24, 2.45) is 0 Å². The number of amides is 1. The predicted molar refractivity (Wildman–Crippen MR) is 91.1 cm³/mol. The van der Waals surface area contributed by atoms with Crippen molar-refractivity contribution in [1.82, 2.24) is 14.8 Å². The average Bonchev–Trinajstić information content (AvgIpc) is 3.13. The van der Waals surface area contributed by atoms with Crippen molar-refractivity contribution < 1.29 is 9.18 Å².